The quantitative estimate of drug-likeness (QED) is 0.232. The van der Waals surface area contributed by atoms with Crippen molar-refractivity contribution in [2.75, 3.05) is 0 Å². The van der Waals surface area contributed by atoms with Crippen LogP contribution in [0.5, 0.6) is 11.5 Å². The maximum atomic E-state index is 6.39. The molecule has 6 aromatic carbocycles. The van der Waals surface area contributed by atoms with Gasteiger partial charge in [0.25, 0.3) is 0 Å². The lowest BCUT2D eigenvalue weighted by Crippen LogP contribution is -2.08. The third kappa shape index (κ3) is 2.99. The van der Waals surface area contributed by atoms with Crippen molar-refractivity contribution in [2.45, 2.75) is 13.3 Å². The van der Waals surface area contributed by atoms with Gasteiger partial charge in [-0.25, -0.2) is 4.98 Å². The van der Waals surface area contributed by atoms with Crippen LogP contribution in [0, 0.1) is 0 Å². The van der Waals surface area contributed by atoms with E-state index in [1.807, 2.05) is 12.1 Å². The molecule has 38 heavy (non-hydrogen) atoms. The van der Waals surface area contributed by atoms with Gasteiger partial charge in [0.2, 0.25) is 0 Å². The monoisotopic (exact) mass is 488 g/mol. The molecule has 0 bridgehead atoms. The van der Waals surface area contributed by atoms with Crippen molar-refractivity contribution in [1.29, 1.82) is 0 Å². The van der Waals surface area contributed by atoms with Gasteiger partial charge >= 0.3 is 0 Å². The van der Waals surface area contributed by atoms with Gasteiger partial charge in [0.05, 0.1) is 11.2 Å². The van der Waals surface area contributed by atoms with Gasteiger partial charge in [0.15, 0.2) is 11.5 Å². The van der Waals surface area contributed by atoms with Crippen molar-refractivity contribution in [3.63, 3.8) is 0 Å². The predicted molar refractivity (Wildman–Crippen MR) is 156 cm³/mol. The van der Waals surface area contributed by atoms with Gasteiger partial charge in [-0.05, 0) is 62.5 Å². The molecule has 0 saturated carbocycles. The van der Waals surface area contributed by atoms with E-state index in [-0.39, 0.29) is 0 Å². The number of imidazole rings is 1. The van der Waals surface area contributed by atoms with Gasteiger partial charge in [0, 0.05) is 12.0 Å². The molecule has 1 aliphatic heterocycles. The maximum Gasteiger partial charge on any atom is 0.153 e. The summed E-state index contributed by atoms with van der Waals surface area (Å²) in [6, 6.07) is 41.0. The van der Waals surface area contributed by atoms with E-state index in [0.717, 1.165) is 51.6 Å². The Morgan fingerprint density at radius 1 is 0.632 bits per heavy atom. The number of aromatic nitrogens is 2. The van der Waals surface area contributed by atoms with E-state index in [1.165, 1.54) is 32.7 Å². The topological polar surface area (TPSA) is 27.1 Å². The summed E-state index contributed by atoms with van der Waals surface area (Å²) in [6.07, 6.45) is 0.843. The van der Waals surface area contributed by atoms with Crippen LogP contribution in [0.1, 0.15) is 12.7 Å². The molecule has 8 rings (SSSR count). The Kier molecular flexibility index (Phi) is 4.50. The van der Waals surface area contributed by atoms with Crippen molar-refractivity contribution in [3.8, 4) is 39.4 Å². The number of aryl methyl sites for hydroxylation is 1. The van der Waals surface area contributed by atoms with Crippen LogP contribution in [0.4, 0.5) is 0 Å². The fourth-order valence-corrected chi connectivity index (χ4v) is 6.01. The predicted octanol–water partition coefficient (Wildman–Crippen LogP) is 9.33. The SMILES string of the molecule is CCc1nc2cccc3c2n1-c1c(cccc1-c1ccc(-c2cc4ccccc4c4ccccc24)cc1)O3. The molecule has 7 aromatic rings. The van der Waals surface area contributed by atoms with E-state index in [9.17, 15) is 0 Å². The molecule has 3 heteroatoms. The number of hydrogen-bond acceptors (Lipinski definition) is 2. The summed E-state index contributed by atoms with van der Waals surface area (Å²) in [7, 11) is 0. The summed E-state index contributed by atoms with van der Waals surface area (Å²) in [5.41, 5.74) is 7.84. The van der Waals surface area contributed by atoms with E-state index >= 15 is 0 Å². The third-order valence-corrected chi connectivity index (χ3v) is 7.74. The largest absolute Gasteiger partial charge is 0.453 e. The van der Waals surface area contributed by atoms with Crippen LogP contribution in [0.3, 0.4) is 0 Å². The van der Waals surface area contributed by atoms with Crippen LogP contribution >= 0.6 is 0 Å². The Hall–Kier alpha value is -4.89. The molecular formula is C35H24N2O. The first-order chi connectivity index (χ1) is 18.8. The highest BCUT2D eigenvalue weighted by Crippen LogP contribution is 2.45. The molecule has 0 fully saturated rings. The number of rotatable bonds is 3. The smallest absolute Gasteiger partial charge is 0.153 e. The molecule has 0 spiro atoms. The molecule has 0 atom stereocenters. The van der Waals surface area contributed by atoms with Crippen molar-refractivity contribution in [3.05, 3.63) is 121 Å². The Balaban J connectivity index is 1.30. The number of para-hydroxylation sites is 2. The number of ether oxygens (including phenoxy) is 1. The van der Waals surface area contributed by atoms with Crippen molar-refractivity contribution in [1.82, 2.24) is 9.55 Å². The van der Waals surface area contributed by atoms with E-state index in [0.29, 0.717) is 0 Å². The number of fused-ring (bicyclic) bond motifs is 5. The highest BCUT2D eigenvalue weighted by atomic mass is 16.5. The van der Waals surface area contributed by atoms with Gasteiger partial charge in [-0.3, -0.25) is 4.57 Å². The van der Waals surface area contributed by atoms with Gasteiger partial charge in [-0.15, -0.1) is 0 Å². The lowest BCUT2D eigenvalue weighted by Gasteiger charge is -2.23. The lowest BCUT2D eigenvalue weighted by molar-refractivity contribution is 0.474. The zero-order valence-corrected chi connectivity index (χ0v) is 21.0. The Morgan fingerprint density at radius 3 is 2.13 bits per heavy atom. The van der Waals surface area contributed by atoms with Crippen molar-refractivity contribution < 1.29 is 4.74 Å². The summed E-state index contributed by atoms with van der Waals surface area (Å²) in [5, 5.41) is 5.11. The first kappa shape index (κ1) is 21.2. The Morgan fingerprint density at radius 2 is 1.32 bits per heavy atom. The van der Waals surface area contributed by atoms with E-state index < -0.39 is 0 Å². The first-order valence-electron chi connectivity index (χ1n) is 13.1. The minimum atomic E-state index is 0.843. The lowest BCUT2D eigenvalue weighted by atomic mass is 9.92. The van der Waals surface area contributed by atoms with E-state index in [1.54, 1.807) is 0 Å². The summed E-state index contributed by atoms with van der Waals surface area (Å²) in [4.78, 5) is 4.93. The second-order valence-electron chi connectivity index (χ2n) is 9.86. The minimum absolute atomic E-state index is 0.843. The molecule has 1 aliphatic rings. The number of hydrogen-bond donors (Lipinski definition) is 0. The van der Waals surface area contributed by atoms with Crippen LogP contribution in [0.15, 0.2) is 115 Å². The zero-order valence-electron chi connectivity index (χ0n) is 21.0. The molecule has 0 N–H and O–H groups in total. The van der Waals surface area contributed by atoms with Crippen LogP contribution in [0.25, 0.3) is 60.5 Å². The average molecular weight is 489 g/mol. The van der Waals surface area contributed by atoms with E-state index in [4.69, 9.17) is 9.72 Å². The minimum Gasteiger partial charge on any atom is -0.453 e. The fourth-order valence-electron chi connectivity index (χ4n) is 6.01. The summed E-state index contributed by atoms with van der Waals surface area (Å²) < 4.78 is 8.69. The van der Waals surface area contributed by atoms with Crippen LogP contribution in [-0.4, -0.2) is 9.55 Å². The van der Waals surface area contributed by atoms with Crippen molar-refractivity contribution in [2.24, 2.45) is 0 Å². The molecule has 2 heterocycles. The van der Waals surface area contributed by atoms with Gasteiger partial charge in [0.1, 0.15) is 11.3 Å². The standard InChI is InChI=1S/C35H24N2O/c1-2-33-36-30-14-8-16-32-35(30)37(33)34-26(13-7-15-31(34)38-32)22-17-19-23(20-18-22)29-21-24-9-3-4-10-25(24)27-11-5-6-12-28(27)29/h3-21H,2H2,1H3. The molecule has 0 radical (unpaired) electrons. The zero-order chi connectivity index (χ0) is 25.2. The van der Waals surface area contributed by atoms with Crippen LogP contribution in [-0.2, 0) is 6.42 Å². The third-order valence-electron chi connectivity index (χ3n) is 7.74. The summed E-state index contributed by atoms with van der Waals surface area (Å²) in [6.45, 7) is 2.16. The molecule has 1 aromatic heterocycles. The Labute approximate surface area is 220 Å². The highest BCUT2D eigenvalue weighted by molar-refractivity contribution is 6.13. The number of benzene rings is 6. The second-order valence-corrected chi connectivity index (χ2v) is 9.86. The molecule has 180 valence electrons. The maximum absolute atomic E-state index is 6.39. The second kappa shape index (κ2) is 8.06. The highest BCUT2D eigenvalue weighted by Gasteiger charge is 2.26. The average Bonchev–Trinajstić information content (AvgIpc) is 3.37. The van der Waals surface area contributed by atoms with Crippen LogP contribution in [0.2, 0.25) is 0 Å². The summed E-state index contributed by atoms with van der Waals surface area (Å²) >= 11 is 0. The molecule has 0 unspecified atom stereocenters. The van der Waals surface area contributed by atoms with Crippen LogP contribution < -0.4 is 4.74 Å². The normalized spacial score (nSPS) is 12.1. The molecular weight excluding hydrogens is 464 g/mol. The number of nitrogens with zero attached hydrogens (tertiary/aromatic N) is 2. The van der Waals surface area contributed by atoms with Crippen molar-refractivity contribution >= 4 is 32.6 Å². The molecule has 0 aliphatic carbocycles. The summed E-state index contributed by atoms with van der Waals surface area (Å²) in [5.74, 6) is 2.77. The molecule has 3 nitrogen and oxygen atoms in total. The van der Waals surface area contributed by atoms with E-state index in [2.05, 4.69) is 115 Å². The molecule has 0 amide bonds. The fraction of sp³-hybridized carbons (Fsp3) is 0.0571. The van der Waals surface area contributed by atoms with Gasteiger partial charge in [-0.1, -0.05) is 97.9 Å². The molecule has 0 saturated heterocycles. The first-order valence-corrected chi connectivity index (χ1v) is 13.1. The van der Waals surface area contributed by atoms with Gasteiger partial charge < -0.3 is 4.74 Å². The van der Waals surface area contributed by atoms with Gasteiger partial charge in [-0.2, -0.15) is 0 Å². The Bertz CT molecular complexity index is 2030.